The molecule has 4 atom stereocenters. The number of piperidine rings is 1. The van der Waals surface area contributed by atoms with Gasteiger partial charge in [0.25, 0.3) is 0 Å². The Balaban J connectivity index is 1.23. The van der Waals surface area contributed by atoms with E-state index in [1.54, 1.807) is 7.11 Å². The highest BCUT2D eigenvalue weighted by Crippen LogP contribution is 2.39. The van der Waals surface area contributed by atoms with Gasteiger partial charge < -0.3 is 24.3 Å². The van der Waals surface area contributed by atoms with E-state index in [4.69, 9.17) is 30.5 Å². The summed E-state index contributed by atoms with van der Waals surface area (Å²) < 4.78 is 25.4. The average molecular weight is 576 g/mol. The highest BCUT2D eigenvalue weighted by atomic mass is 79.9. The van der Waals surface area contributed by atoms with E-state index in [2.05, 4.69) is 36.1 Å². The molecule has 3 aromatic rings. The lowest BCUT2D eigenvalue weighted by molar-refractivity contribution is 0.0192. The Hall–Kier alpha value is -2.17. The Morgan fingerprint density at radius 1 is 1.03 bits per heavy atom. The summed E-state index contributed by atoms with van der Waals surface area (Å²) >= 11 is 9.68. The summed E-state index contributed by atoms with van der Waals surface area (Å²) in [5, 5.41) is 4.75. The van der Waals surface area contributed by atoms with E-state index in [-0.39, 0.29) is 18.3 Å². The summed E-state index contributed by atoms with van der Waals surface area (Å²) in [5.74, 6) is 1.86. The molecule has 0 aliphatic carbocycles. The number of ether oxygens (including phenoxy) is 4. The topological polar surface area (TPSA) is 78.0 Å². The van der Waals surface area contributed by atoms with Gasteiger partial charge in [-0.2, -0.15) is 0 Å². The molecule has 36 heavy (non-hydrogen) atoms. The predicted octanol–water partition coefficient (Wildman–Crippen LogP) is 5.20. The van der Waals surface area contributed by atoms with Crippen LogP contribution in [0.2, 0.25) is 5.02 Å². The van der Waals surface area contributed by atoms with Gasteiger partial charge >= 0.3 is 0 Å². The quantitative estimate of drug-likeness (QED) is 0.430. The first kappa shape index (κ1) is 24.2. The van der Waals surface area contributed by atoms with Crippen molar-refractivity contribution in [2.24, 2.45) is 0 Å². The zero-order valence-electron chi connectivity index (χ0n) is 20.0. The van der Waals surface area contributed by atoms with Gasteiger partial charge in [0.05, 0.1) is 36.9 Å². The van der Waals surface area contributed by atoms with Gasteiger partial charge in [0, 0.05) is 21.6 Å². The van der Waals surface area contributed by atoms with Crippen molar-refractivity contribution in [3.05, 3.63) is 46.2 Å². The molecule has 10 heteroatoms. The number of aromatic nitrogens is 2. The molecule has 6 rings (SSSR count). The van der Waals surface area contributed by atoms with E-state index in [0.717, 1.165) is 34.2 Å². The minimum atomic E-state index is -0.208. The van der Waals surface area contributed by atoms with Gasteiger partial charge in [-0.25, -0.2) is 9.97 Å². The first-order chi connectivity index (χ1) is 17.6. The van der Waals surface area contributed by atoms with Crippen molar-refractivity contribution in [1.82, 2.24) is 14.9 Å². The van der Waals surface area contributed by atoms with Crippen LogP contribution in [0.1, 0.15) is 19.3 Å². The largest absolute Gasteiger partial charge is 0.493 e. The molecule has 4 heterocycles. The third-order valence-corrected chi connectivity index (χ3v) is 8.46. The van der Waals surface area contributed by atoms with Crippen LogP contribution in [0.15, 0.2) is 41.1 Å². The Bertz CT molecular complexity index is 1260. The smallest absolute Gasteiger partial charge is 0.164 e. The zero-order chi connectivity index (χ0) is 24.6. The molecule has 1 aromatic heterocycles. The number of rotatable bonds is 6. The Morgan fingerprint density at radius 3 is 2.67 bits per heavy atom. The molecule has 190 valence electrons. The standard InChI is InChI=1S/C26H28BrClN4O4/c1-33-21-10-16-19(29-14-30-26(16)31-15-5-6-17(27)18(28)9-15)11-22(21)36-23-13-35-24-20(12-34-25(23)24)32-7-3-2-4-8-32/h5-6,9-11,14,20,23-25H,2-4,7-8,12-13H2,1H3,(H,29,30,31)/t20-,23-,24+,25+/m1/s1. The highest BCUT2D eigenvalue weighted by Gasteiger charge is 2.50. The number of anilines is 2. The van der Waals surface area contributed by atoms with Crippen molar-refractivity contribution in [3.8, 4) is 11.5 Å². The molecule has 3 saturated heterocycles. The van der Waals surface area contributed by atoms with Crippen LogP contribution in [0.4, 0.5) is 11.5 Å². The lowest BCUT2D eigenvalue weighted by atomic mass is 10.0. The van der Waals surface area contributed by atoms with Crippen molar-refractivity contribution in [1.29, 1.82) is 0 Å². The van der Waals surface area contributed by atoms with Crippen LogP contribution >= 0.6 is 27.5 Å². The summed E-state index contributed by atoms with van der Waals surface area (Å²) in [5.41, 5.74) is 1.55. The predicted molar refractivity (Wildman–Crippen MR) is 142 cm³/mol. The first-order valence-electron chi connectivity index (χ1n) is 12.3. The summed E-state index contributed by atoms with van der Waals surface area (Å²) in [6, 6.07) is 9.73. The van der Waals surface area contributed by atoms with Crippen LogP contribution in [0, 0.1) is 0 Å². The molecule has 3 fully saturated rings. The maximum atomic E-state index is 6.45. The third kappa shape index (κ3) is 4.63. The second-order valence-electron chi connectivity index (χ2n) is 9.41. The van der Waals surface area contributed by atoms with Gasteiger partial charge in [-0.3, -0.25) is 4.90 Å². The van der Waals surface area contributed by atoms with Gasteiger partial charge in [-0.05, 0) is 66.1 Å². The SMILES string of the molecule is COc1cc2c(Nc3ccc(Br)c(Cl)c3)ncnc2cc1O[C@@H]1CO[C@@H]2[C@H]1OC[C@H]2N1CCCCC1. The molecule has 1 N–H and O–H groups in total. The normalized spacial score (nSPS) is 26.2. The summed E-state index contributed by atoms with van der Waals surface area (Å²) in [4.78, 5) is 11.4. The molecule has 0 spiro atoms. The number of fused-ring (bicyclic) bond motifs is 2. The number of likely N-dealkylation sites (tertiary alicyclic amines) is 1. The van der Waals surface area contributed by atoms with Crippen molar-refractivity contribution >= 4 is 49.9 Å². The van der Waals surface area contributed by atoms with Gasteiger partial charge in [0.2, 0.25) is 0 Å². The Morgan fingerprint density at radius 2 is 1.86 bits per heavy atom. The van der Waals surface area contributed by atoms with Gasteiger partial charge in [-0.15, -0.1) is 0 Å². The van der Waals surface area contributed by atoms with Gasteiger partial charge in [0.1, 0.15) is 24.4 Å². The van der Waals surface area contributed by atoms with E-state index in [0.29, 0.717) is 41.6 Å². The van der Waals surface area contributed by atoms with Crippen LogP contribution < -0.4 is 14.8 Å². The summed E-state index contributed by atoms with van der Waals surface area (Å²) in [7, 11) is 1.63. The number of hydrogen-bond acceptors (Lipinski definition) is 8. The van der Waals surface area contributed by atoms with Crippen LogP contribution in [-0.2, 0) is 9.47 Å². The maximum Gasteiger partial charge on any atom is 0.164 e. The van der Waals surface area contributed by atoms with Crippen molar-refractivity contribution in [2.45, 2.75) is 43.6 Å². The number of benzene rings is 2. The lowest BCUT2D eigenvalue weighted by Gasteiger charge is -2.33. The molecule has 0 saturated carbocycles. The number of halogens is 2. The van der Waals surface area contributed by atoms with E-state index in [9.17, 15) is 0 Å². The second kappa shape index (κ2) is 10.3. The fourth-order valence-corrected chi connectivity index (χ4v) is 5.82. The molecule has 3 aliphatic rings. The highest BCUT2D eigenvalue weighted by molar-refractivity contribution is 9.10. The van der Waals surface area contributed by atoms with Crippen molar-refractivity contribution in [3.63, 3.8) is 0 Å². The molecule has 0 bridgehead atoms. The molecular weight excluding hydrogens is 548 g/mol. The molecule has 8 nitrogen and oxygen atoms in total. The molecule has 0 radical (unpaired) electrons. The number of nitrogens with zero attached hydrogens (tertiary/aromatic N) is 3. The molecule has 0 amide bonds. The van der Waals surface area contributed by atoms with E-state index < -0.39 is 0 Å². The summed E-state index contributed by atoms with van der Waals surface area (Å²) in [6.45, 7) is 3.41. The third-order valence-electron chi connectivity index (χ3n) is 7.22. The minimum absolute atomic E-state index is 0.0374. The van der Waals surface area contributed by atoms with Crippen LogP contribution in [0.25, 0.3) is 10.9 Å². The maximum absolute atomic E-state index is 6.45. The zero-order valence-corrected chi connectivity index (χ0v) is 22.3. The lowest BCUT2D eigenvalue weighted by Crippen LogP contribution is -2.47. The molecular formula is C26H28BrClN4O4. The molecule has 3 aliphatic heterocycles. The summed E-state index contributed by atoms with van der Waals surface area (Å²) in [6.07, 6.45) is 5.06. The monoisotopic (exact) mass is 574 g/mol. The minimum Gasteiger partial charge on any atom is -0.493 e. The number of hydrogen-bond donors (Lipinski definition) is 1. The second-order valence-corrected chi connectivity index (χ2v) is 10.7. The van der Waals surface area contributed by atoms with Crippen LogP contribution in [0.3, 0.4) is 0 Å². The van der Waals surface area contributed by atoms with E-state index >= 15 is 0 Å². The van der Waals surface area contributed by atoms with E-state index in [1.807, 2.05) is 30.3 Å². The van der Waals surface area contributed by atoms with Crippen LogP contribution in [0.5, 0.6) is 11.5 Å². The van der Waals surface area contributed by atoms with Crippen molar-refractivity contribution < 1.29 is 18.9 Å². The molecule has 0 unspecified atom stereocenters. The van der Waals surface area contributed by atoms with Crippen LogP contribution in [-0.4, -0.2) is 72.6 Å². The first-order valence-corrected chi connectivity index (χ1v) is 13.5. The Kier molecular flexibility index (Phi) is 6.92. The fraction of sp³-hybridized carbons (Fsp3) is 0.462. The average Bonchev–Trinajstić information content (AvgIpc) is 3.49. The molecule has 2 aromatic carbocycles. The van der Waals surface area contributed by atoms with Gasteiger partial charge in [-0.1, -0.05) is 18.0 Å². The van der Waals surface area contributed by atoms with E-state index in [1.165, 1.54) is 25.6 Å². The van der Waals surface area contributed by atoms with Crippen molar-refractivity contribution in [2.75, 3.05) is 38.7 Å². The number of methoxy groups -OCH3 is 1. The Labute approximate surface area is 223 Å². The fourth-order valence-electron chi connectivity index (χ4n) is 5.40. The number of nitrogens with one attached hydrogen (secondary N) is 1. The van der Waals surface area contributed by atoms with Gasteiger partial charge in [0.15, 0.2) is 17.6 Å².